The van der Waals surface area contributed by atoms with E-state index in [1.807, 2.05) is 24.3 Å². The van der Waals surface area contributed by atoms with Gasteiger partial charge in [-0.15, -0.1) is 6.58 Å². The lowest BCUT2D eigenvalue weighted by Gasteiger charge is -2.12. The number of hydrogen-bond donors (Lipinski definition) is 1. The molecule has 0 heterocycles. The minimum Gasteiger partial charge on any atom is -0.493 e. The Morgan fingerprint density at radius 2 is 2.14 bits per heavy atom. The van der Waals surface area contributed by atoms with Crippen molar-refractivity contribution in [1.29, 1.82) is 0 Å². The maximum atomic E-state index is 11.7. The Morgan fingerprint density at radius 3 is 2.81 bits per heavy atom. The second-order valence-corrected chi connectivity index (χ2v) is 4.82. The van der Waals surface area contributed by atoms with E-state index < -0.39 is 0 Å². The van der Waals surface area contributed by atoms with Crippen LogP contribution in [0.3, 0.4) is 0 Å². The molecule has 0 aromatic heterocycles. The number of ether oxygens (including phenoxy) is 2. The van der Waals surface area contributed by atoms with Crippen molar-refractivity contribution in [2.75, 3.05) is 20.3 Å². The average Bonchev–Trinajstić information content (AvgIpc) is 2.50. The van der Waals surface area contributed by atoms with E-state index in [0.717, 1.165) is 31.2 Å². The Labute approximate surface area is 127 Å². The summed E-state index contributed by atoms with van der Waals surface area (Å²) in [4.78, 5) is 11.7. The first-order valence-corrected chi connectivity index (χ1v) is 7.38. The first-order valence-electron chi connectivity index (χ1n) is 7.38. The van der Waals surface area contributed by atoms with E-state index in [9.17, 15) is 4.79 Å². The van der Waals surface area contributed by atoms with E-state index >= 15 is 0 Å². The smallest absolute Gasteiger partial charge is 0.257 e. The van der Waals surface area contributed by atoms with Gasteiger partial charge in [-0.1, -0.05) is 31.9 Å². The van der Waals surface area contributed by atoms with Gasteiger partial charge in [-0.25, -0.2) is 0 Å². The Bertz CT molecular complexity index is 457. The molecule has 1 aromatic carbocycles. The molecule has 0 atom stereocenters. The molecule has 1 N–H and O–H groups in total. The predicted molar refractivity (Wildman–Crippen MR) is 84.9 cm³/mol. The normalized spacial score (nSPS) is 10.0. The van der Waals surface area contributed by atoms with Crippen LogP contribution >= 0.6 is 0 Å². The standard InChI is InChI=1S/C17H25NO3/c1-4-6-7-11-18-17(19)13-21-15-10-9-14(8-5-2)12-16(15)20-3/h5,9-10,12H,2,4,6-8,11,13H2,1,3H3,(H,18,19). The molecule has 0 saturated carbocycles. The Balaban J connectivity index is 2.46. The van der Waals surface area contributed by atoms with Gasteiger partial charge in [-0.3, -0.25) is 4.79 Å². The van der Waals surface area contributed by atoms with Crippen molar-refractivity contribution in [3.05, 3.63) is 36.4 Å². The zero-order chi connectivity index (χ0) is 15.5. The van der Waals surface area contributed by atoms with Crippen LogP contribution in [0.15, 0.2) is 30.9 Å². The van der Waals surface area contributed by atoms with Crippen molar-refractivity contribution in [2.24, 2.45) is 0 Å². The Morgan fingerprint density at radius 1 is 1.33 bits per heavy atom. The Kier molecular flexibility index (Phi) is 8.02. The number of methoxy groups -OCH3 is 1. The van der Waals surface area contributed by atoms with Gasteiger partial charge in [0.15, 0.2) is 18.1 Å². The molecule has 4 nitrogen and oxygen atoms in total. The van der Waals surface area contributed by atoms with Crippen LogP contribution in [0, 0.1) is 0 Å². The molecule has 1 aromatic rings. The number of nitrogens with one attached hydrogen (secondary N) is 1. The van der Waals surface area contributed by atoms with Gasteiger partial charge in [0.2, 0.25) is 0 Å². The van der Waals surface area contributed by atoms with Gasteiger partial charge in [0.25, 0.3) is 5.91 Å². The van der Waals surface area contributed by atoms with Crippen LogP contribution in [-0.2, 0) is 11.2 Å². The topological polar surface area (TPSA) is 47.6 Å². The van der Waals surface area contributed by atoms with Crippen molar-refractivity contribution < 1.29 is 14.3 Å². The number of carbonyl (C=O) groups is 1. The summed E-state index contributed by atoms with van der Waals surface area (Å²) < 4.78 is 10.8. The van der Waals surface area contributed by atoms with Crippen molar-refractivity contribution in [2.45, 2.75) is 32.6 Å². The van der Waals surface area contributed by atoms with Crippen LogP contribution in [-0.4, -0.2) is 26.2 Å². The average molecular weight is 291 g/mol. The highest BCUT2D eigenvalue weighted by Crippen LogP contribution is 2.28. The lowest BCUT2D eigenvalue weighted by Crippen LogP contribution is -2.29. The first kappa shape index (κ1) is 17.1. The number of unbranched alkanes of at least 4 members (excludes halogenated alkanes) is 2. The van der Waals surface area contributed by atoms with E-state index in [0.29, 0.717) is 18.0 Å². The first-order chi connectivity index (χ1) is 10.2. The zero-order valence-electron chi connectivity index (χ0n) is 13.0. The molecule has 0 unspecified atom stereocenters. The molecule has 116 valence electrons. The van der Waals surface area contributed by atoms with Crippen LogP contribution in [0.5, 0.6) is 11.5 Å². The molecule has 0 radical (unpaired) electrons. The summed E-state index contributed by atoms with van der Waals surface area (Å²) in [5, 5.41) is 2.84. The molecule has 0 aliphatic carbocycles. The molecular formula is C17H25NO3. The van der Waals surface area contributed by atoms with Gasteiger partial charge in [-0.05, 0) is 30.5 Å². The van der Waals surface area contributed by atoms with E-state index in [1.165, 1.54) is 0 Å². The lowest BCUT2D eigenvalue weighted by atomic mass is 10.1. The maximum absolute atomic E-state index is 11.7. The lowest BCUT2D eigenvalue weighted by molar-refractivity contribution is -0.123. The minimum atomic E-state index is -0.108. The van der Waals surface area contributed by atoms with E-state index in [-0.39, 0.29) is 12.5 Å². The molecule has 0 saturated heterocycles. The summed E-state index contributed by atoms with van der Waals surface area (Å²) in [6, 6.07) is 5.66. The fourth-order valence-corrected chi connectivity index (χ4v) is 1.92. The van der Waals surface area contributed by atoms with Crippen LogP contribution in [0.1, 0.15) is 31.7 Å². The monoisotopic (exact) mass is 291 g/mol. The second kappa shape index (κ2) is 9.86. The third-order valence-corrected chi connectivity index (χ3v) is 3.07. The molecule has 1 amide bonds. The highest BCUT2D eigenvalue weighted by Gasteiger charge is 2.08. The van der Waals surface area contributed by atoms with Crippen molar-refractivity contribution in [3.63, 3.8) is 0 Å². The molecule has 0 aliphatic heterocycles. The van der Waals surface area contributed by atoms with Crippen molar-refractivity contribution in [3.8, 4) is 11.5 Å². The van der Waals surface area contributed by atoms with Gasteiger partial charge >= 0.3 is 0 Å². The van der Waals surface area contributed by atoms with Gasteiger partial charge in [0.05, 0.1) is 7.11 Å². The number of amides is 1. The quantitative estimate of drug-likeness (QED) is 0.532. The van der Waals surface area contributed by atoms with Gasteiger partial charge in [0.1, 0.15) is 0 Å². The molecule has 0 spiro atoms. The van der Waals surface area contributed by atoms with Crippen LogP contribution < -0.4 is 14.8 Å². The molecule has 4 heteroatoms. The summed E-state index contributed by atoms with van der Waals surface area (Å²) in [5.41, 5.74) is 1.10. The number of benzene rings is 1. The number of allylic oxidation sites excluding steroid dienone is 1. The fourth-order valence-electron chi connectivity index (χ4n) is 1.92. The Hall–Kier alpha value is -1.97. The molecule has 0 aliphatic rings. The minimum absolute atomic E-state index is 0.00326. The van der Waals surface area contributed by atoms with E-state index in [4.69, 9.17) is 9.47 Å². The summed E-state index contributed by atoms with van der Waals surface area (Å²) in [6.45, 7) is 6.55. The van der Waals surface area contributed by atoms with Crippen molar-refractivity contribution >= 4 is 5.91 Å². The maximum Gasteiger partial charge on any atom is 0.257 e. The fraction of sp³-hybridized carbons (Fsp3) is 0.471. The van der Waals surface area contributed by atoms with Crippen molar-refractivity contribution in [1.82, 2.24) is 5.32 Å². The van der Waals surface area contributed by atoms with Crippen LogP contribution in [0.2, 0.25) is 0 Å². The SMILES string of the molecule is C=CCc1ccc(OCC(=O)NCCCCC)c(OC)c1. The largest absolute Gasteiger partial charge is 0.493 e. The summed E-state index contributed by atoms with van der Waals surface area (Å²) in [7, 11) is 1.59. The molecule has 21 heavy (non-hydrogen) atoms. The molecule has 0 bridgehead atoms. The number of rotatable bonds is 10. The third kappa shape index (κ3) is 6.34. The number of carbonyl (C=O) groups excluding carboxylic acids is 1. The van der Waals surface area contributed by atoms with Crippen LogP contribution in [0.25, 0.3) is 0 Å². The highest BCUT2D eigenvalue weighted by molar-refractivity contribution is 5.77. The summed E-state index contributed by atoms with van der Waals surface area (Å²) >= 11 is 0. The van der Waals surface area contributed by atoms with Gasteiger partial charge in [0, 0.05) is 6.54 Å². The molecular weight excluding hydrogens is 266 g/mol. The van der Waals surface area contributed by atoms with Gasteiger partial charge < -0.3 is 14.8 Å². The molecule has 1 rings (SSSR count). The van der Waals surface area contributed by atoms with E-state index in [1.54, 1.807) is 7.11 Å². The second-order valence-electron chi connectivity index (χ2n) is 4.82. The third-order valence-electron chi connectivity index (χ3n) is 3.07. The predicted octanol–water partition coefficient (Wildman–Crippen LogP) is 3.11. The summed E-state index contributed by atoms with van der Waals surface area (Å²) in [5.74, 6) is 1.10. The zero-order valence-corrected chi connectivity index (χ0v) is 13.0. The number of hydrogen-bond acceptors (Lipinski definition) is 3. The van der Waals surface area contributed by atoms with Crippen LogP contribution in [0.4, 0.5) is 0 Å². The van der Waals surface area contributed by atoms with Gasteiger partial charge in [-0.2, -0.15) is 0 Å². The van der Waals surface area contributed by atoms with E-state index in [2.05, 4.69) is 18.8 Å². The summed E-state index contributed by atoms with van der Waals surface area (Å²) in [6.07, 6.45) is 5.87. The molecule has 0 fully saturated rings. The highest BCUT2D eigenvalue weighted by atomic mass is 16.5.